The molecule has 0 atom stereocenters. The predicted octanol–water partition coefficient (Wildman–Crippen LogP) is -0.0940. The first-order valence-corrected chi connectivity index (χ1v) is 7.57. The van der Waals surface area contributed by atoms with Crippen LogP contribution in [0.2, 0.25) is 0 Å². The van der Waals surface area contributed by atoms with Crippen molar-refractivity contribution >= 4 is 5.91 Å². The average molecular weight is 303 g/mol. The van der Waals surface area contributed by atoms with Crippen molar-refractivity contribution in [1.29, 1.82) is 0 Å². The molecule has 2 aromatic heterocycles. The van der Waals surface area contributed by atoms with E-state index in [1.165, 1.54) is 0 Å². The number of aromatic nitrogens is 5. The molecule has 0 bridgehead atoms. The van der Waals surface area contributed by atoms with Crippen molar-refractivity contribution in [1.82, 2.24) is 35.0 Å². The number of rotatable bonds is 5. The van der Waals surface area contributed by atoms with Crippen LogP contribution >= 0.6 is 0 Å². The molecule has 22 heavy (non-hydrogen) atoms. The van der Waals surface area contributed by atoms with Crippen molar-refractivity contribution in [2.75, 3.05) is 19.6 Å². The Morgan fingerprint density at radius 1 is 1.27 bits per heavy atom. The smallest absolute Gasteiger partial charge is 0.271 e. The summed E-state index contributed by atoms with van der Waals surface area (Å²) in [6.45, 7) is 3.70. The molecule has 0 spiro atoms. The highest BCUT2D eigenvalue weighted by molar-refractivity contribution is 5.92. The summed E-state index contributed by atoms with van der Waals surface area (Å²) in [5.74, 6) is -0.0835. The van der Waals surface area contributed by atoms with Gasteiger partial charge in [-0.25, -0.2) is 0 Å². The summed E-state index contributed by atoms with van der Waals surface area (Å²) in [7, 11) is 1.81. The number of carbonyl (C=O) groups is 1. The van der Waals surface area contributed by atoms with Crippen LogP contribution in [0.1, 0.15) is 23.3 Å². The van der Waals surface area contributed by atoms with Crippen molar-refractivity contribution < 1.29 is 4.79 Å². The summed E-state index contributed by atoms with van der Waals surface area (Å²) in [4.78, 5) is 16.2. The lowest BCUT2D eigenvalue weighted by Crippen LogP contribution is -2.45. The van der Waals surface area contributed by atoms with Gasteiger partial charge in [0.15, 0.2) is 0 Å². The van der Waals surface area contributed by atoms with Gasteiger partial charge in [0, 0.05) is 38.9 Å². The van der Waals surface area contributed by atoms with Gasteiger partial charge in [-0.1, -0.05) is 0 Å². The molecule has 1 fully saturated rings. The number of hydrogen-bond donors (Lipinski definition) is 1. The SMILES string of the molecule is Cn1ccc(C(=O)NC2CCN(CCn3nccn3)CC2)n1. The minimum atomic E-state index is -0.0835. The first-order valence-electron chi connectivity index (χ1n) is 7.57. The number of carbonyl (C=O) groups excluding carboxylic acids is 1. The van der Waals surface area contributed by atoms with Gasteiger partial charge in [-0.05, 0) is 18.9 Å². The van der Waals surface area contributed by atoms with Gasteiger partial charge >= 0.3 is 0 Å². The quantitative estimate of drug-likeness (QED) is 0.834. The first-order chi connectivity index (χ1) is 10.7. The molecule has 0 aromatic carbocycles. The van der Waals surface area contributed by atoms with Gasteiger partial charge in [0.05, 0.1) is 18.9 Å². The number of nitrogens with one attached hydrogen (secondary N) is 1. The molecule has 1 saturated heterocycles. The Labute approximate surface area is 129 Å². The van der Waals surface area contributed by atoms with Crippen LogP contribution in [-0.2, 0) is 13.6 Å². The highest BCUT2D eigenvalue weighted by Gasteiger charge is 2.21. The number of nitrogens with zero attached hydrogens (tertiary/aromatic N) is 6. The second-order valence-electron chi connectivity index (χ2n) is 5.59. The minimum absolute atomic E-state index is 0.0835. The van der Waals surface area contributed by atoms with Crippen LogP contribution in [0, 0.1) is 0 Å². The first kappa shape index (κ1) is 14.7. The van der Waals surface area contributed by atoms with Gasteiger partial charge < -0.3 is 10.2 Å². The summed E-state index contributed by atoms with van der Waals surface area (Å²) in [6.07, 6.45) is 7.09. The number of aryl methyl sites for hydroxylation is 1. The van der Waals surface area contributed by atoms with E-state index in [-0.39, 0.29) is 11.9 Å². The summed E-state index contributed by atoms with van der Waals surface area (Å²) < 4.78 is 1.64. The van der Waals surface area contributed by atoms with E-state index in [1.54, 1.807) is 34.1 Å². The Morgan fingerprint density at radius 3 is 2.64 bits per heavy atom. The van der Waals surface area contributed by atoms with E-state index in [1.807, 2.05) is 7.05 Å². The lowest BCUT2D eigenvalue weighted by molar-refractivity contribution is 0.0903. The zero-order valence-corrected chi connectivity index (χ0v) is 12.7. The Hall–Kier alpha value is -2.22. The molecule has 0 unspecified atom stereocenters. The minimum Gasteiger partial charge on any atom is -0.348 e. The van der Waals surface area contributed by atoms with Gasteiger partial charge in [-0.3, -0.25) is 9.48 Å². The molecule has 0 aliphatic carbocycles. The molecule has 0 radical (unpaired) electrons. The number of likely N-dealkylation sites (tertiary alicyclic amines) is 1. The molecule has 3 rings (SSSR count). The number of amides is 1. The van der Waals surface area contributed by atoms with E-state index in [9.17, 15) is 4.79 Å². The van der Waals surface area contributed by atoms with Gasteiger partial charge in [-0.15, -0.1) is 0 Å². The molecule has 8 nitrogen and oxygen atoms in total. The van der Waals surface area contributed by atoms with Crippen molar-refractivity contribution in [3.05, 3.63) is 30.4 Å². The van der Waals surface area contributed by atoms with Crippen LogP contribution in [0.15, 0.2) is 24.7 Å². The number of piperidine rings is 1. The Morgan fingerprint density at radius 2 is 2.00 bits per heavy atom. The lowest BCUT2D eigenvalue weighted by Gasteiger charge is -2.32. The fourth-order valence-corrected chi connectivity index (χ4v) is 2.69. The molecule has 1 N–H and O–H groups in total. The summed E-state index contributed by atoms with van der Waals surface area (Å²) in [5.41, 5.74) is 0.481. The second-order valence-corrected chi connectivity index (χ2v) is 5.59. The maximum Gasteiger partial charge on any atom is 0.271 e. The Balaban J connectivity index is 1.41. The van der Waals surface area contributed by atoms with Crippen LogP contribution in [-0.4, -0.2) is 61.3 Å². The van der Waals surface area contributed by atoms with Crippen molar-refractivity contribution in [3.8, 4) is 0 Å². The predicted molar refractivity (Wildman–Crippen MR) is 80.2 cm³/mol. The monoisotopic (exact) mass is 303 g/mol. The normalized spacial score (nSPS) is 16.8. The fourth-order valence-electron chi connectivity index (χ4n) is 2.69. The zero-order chi connectivity index (χ0) is 15.4. The maximum atomic E-state index is 12.1. The van der Waals surface area contributed by atoms with Crippen molar-refractivity contribution in [2.45, 2.75) is 25.4 Å². The molecule has 1 aliphatic rings. The van der Waals surface area contributed by atoms with E-state index < -0.39 is 0 Å². The van der Waals surface area contributed by atoms with Gasteiger partial charge in [0.2, 0.25) is 0 Å². The summed E-state index contributed by atoms with van der Waals surface area (Å²) in [5, 5.41) is 15.4. The molecule has 3 heterocycles. The van der Waals surface area contributed by atoms with Gasteiger partial charge in [0.1, 0.15) is 5.69 Å². The Kier molecular flexibility index (Phi) is 4.47. The molecule has 1 amide bonds. The molecule has 0 saturated carbocycles. The standard InChI is InChI=1S/C14H21N7O/c1-19-7-4-13(18-19)14(22)17-12-2-8-20(9-3-12)10-11-21-15-5-6-16-21/h4-7,12H,2-3,8-11H2,1H3,(H,17,22). The molecular weight excluding hydrogens is 282 g/mol. The highest BCUT2D eigenvalue weighted by Crippen LogP contribution is 2.11. The fraction of sp³-hybridized carbons (Fsp3) is 0.571. The maximum absolute atomic E-state index is 12.1. The molecule has 118 valence electrons. The van der Waals surface area contributed by atoms with E-state index in [2.05, 4.69) is 25.5 Å². The summed E-state index contributed by atoms with van der Waals surface area (Å²) >= 11 is 0. The van der Waals surface area contributed by atoms with Gasteiger partial charge in [-0.2, -0.15) is 20.1 Å². The average Bonchev–Trinajstić information content (AvgIpc) is 3.18. The topological polar surface area (TPSA) is 80.9 Å². The van der Waals surface area contributed by atoms with E-state index in [4.69, 9.17) is 0 Å². The third-order valence-electron chi connectivity index (χ3n) is 3.95. The van der Waals surface area contributed by atoms with Crippen molar-refractivity contribution in [2.24, 2.45) is 7.05 Å². The van der Waals surface area contributed by atoms with E-state index in [0.717, 1.165) is 39.0 Å². The molecule has 2 aromatic rings. The van der Waals surface area contributed by atoms with Crippen LogP contribution in [0.5, 0.6) is 0 Å². The van der Waals surface area contributed by atoms with E-state index >= 15 is 0 Å². The zero-order valence-electron chi connectivity index (χ0n) is 12.7. The number of hydrogen-bond acceptors (Lipinski definition) is 5. The van der Waals surface area contributed by atoms with Crippen LogP contribution in [0.25, 0.3) is 0 Å². The lowest BCUT2D eigenvalue weighted by atomic mass is 10.0. The second kappa shape index (κ2) is 6.69. The van der Waals surface area contributed by atoms with Crippen molar-refractivity contribution in [3.63, 3.8) is 0 Å². The third kappa shape index (κ3) is 3.70. The molecule has 1 aliphatic heterocycles. The molecule has 8 heteroatoms. The third-order valence-corrected chi connectivity index (χ3v) is 3.95. The molecular formula is C14H21N7O. The van der Waals surface area contributed by atoms with Crippen LogP contribution < -0.4 is 5.32 Å². The Bertz CT molecular complexity index is 598. The largest absolute Gasteiger partial charge is 0.348 e. The van der Waals surface area contributed by atoms with Crippen LogP contribution in [0.4, 0.5) is 0 Å². The van der Waals surface area contributed by atoms with Gasteiger partial charge in [0.25, 0.3) is 5.91 Å². The van der Waals surface area contributed by atoms with E-state index in [0.29, 0.717) is 5.69 Å². The highest BCUT2D eigenvalue weighted by atomic mass is 16.2. The summed E-state index contributed by atoms with van der Waals surface area (Å²) in [6, 6.07) is 1.97. The van der Waals surface area contributed by atoms with Crippen LogP contribution in [0.3, 0.4) is 0 Å².